The molecular weight excluding hydrogens is 245 g/mol. The Morgan fingerprint density at radius 3 is 2.39 bits per heavy atom. The molecule has 0 aliphatic rings. The minimum Gasteiger partial charge on any atom is -0.374 e. The summed E-state index contributed by atoms with van der Waals surface area (Å²) in [5.74, 6) is -3.63. The minimum atomic E-state index is -1.28. The molecule has 0 spiro atoms. The second-order valence-electron chi connectivity index (χ2n) is 3.67. The smallest absolute Gasteiger partial charge is 0.241 e. The molecule has 0 fully saturated rings. The largest absolute Gasteiger partial charge is 0.374 e. The van der Waals surface area contributed by atoms with Gasteiger partial charge < -0.3 is 10.2 Å². The molecule has 0 saturated heterocycles. The van der Waals surface area contributed by atoms with E-state index in [9.17, 15) is 18.0 Å². The van der Waals surface area contributed by atoms with Crippen molar-refractivity contribution in [3.8, 4) is 0 Å². The van der Waals surface area contributed by atoms with Crippen LogP contribution in [0.5, 0.6) is 0 Å². The van der Waals surface area contributed by atoms with Crippen molar-refractivity contribution in [2.45, 2.75) is 13.8 Å². The van der Waals surface area contributed by atoms with Crippen LogP contribution in [-0.2, 0) is 4.79 Å². The van der Waals surface area contributed by atoms with Gasteiger partial charge in [-0.1, -0.05) is 0 Å². The average molecular weight is 260 g/mol. The molecule has 18 heavy (non-hydrogen) atoms. The Labute approximate surface area is 104 Å². The van der Waals surface area contributed by atoms with Crippen molar-refractivity contribution in [1.29, 1.82) is 0 Å². The maximum absolute atomic E-state index is 13.3. The van der Waals surface area contributed by atoms with E-state index in [4.69, 9.17) is 0 Å². The molecular formula is C12H15F3N2O. The Morgan fingerprint density at radius 2 is 1.83 bits per heavy atom. The molecule has 100 valence electrons. The number of likely N-dealkylation sites (N-methyl/N-ethyl adjacent to an activating group) is 1. The molecule has 6 heteroatoms. The molecule has 3 nitrogen and oxygen atoms in total. The van der Waals surface area contributed by atoms with Gasteiger partial charge in [-0.2, -0.15) is 0 Å². The fraction of sp³-hybridized carbons (Fsp3) is 0.417. The Bertz CT molecular complexity index is 434. The van der Waals surface area contributed by atoms with E-state index in [0.717, 1.165) is 6.07 Å². The third-order valence-corrected chi connectivity index (χ3v) is 2.54. The van der Waals surface area contributed by atoms with E-state index >= 15 is 0 Å². The SMILES string of the molecule is CCN(CC)C(=O)CNc1cc(F)cc(F)c1F. The van der Waals surface area contributed by atoms with E-state index in [1.807, 2.05) is 13.8 Å². The molecule has 1 aromatic carbocycles. The number of hydrogen-bond donors (Lipinski definition) is 1. The van der Waals surface area contributed by atoms with Crippen molar-refractivity contribution in [2.24, 2.45) is 0 Å². The third kappa shape index (κ3) is 3.38. The highest BCUT2D eigenvalue weighted by Crippen LogP contribution is 2.18. The molecule has 1 amide bonds. The highest BCUT2D eigenvalue weighted by molar-refractivity contribution is 5.80. The van der Waals surface area contributed by atoms with Crippen molar-refractivity contribution in [2.75, 3.05) is 25.0 Å². The molecule has 0 aliphatic heterocycles. The van der Waals surface area contributed by atoms with E-state index in [-0.39, 0.29) is 18.1 Å². The number of hydrogen-bond acceptors (Lipinski definition) is 2. The van der Waals surface area contributed by atoms with Gasteiger partial charge in [0.15, 0.2) is 11.6 Å². The first-order valence-corrected chi connectivity index (χ1v) is 5.65. The first-order valence-electron chi connectivity index (χ1n) is 5.65. The van der Waals surface area contributed by atoms with Crippen LogP contribution in [0.15, 0.2) is 12.1 Å². The van der Waals surface area contributed by atoms with Crippen LogP contribution in [0.1, 0.15) is 13.8 Å². The van der Waals surface area contributed by atoms with Crippen molar-refractivity contribution in [1.82, 2.24) is 4.90 Å². The highest BCUT2D eigenvalue weighted by Gasteiger charge is 2.13. The van der Waals surface area contributed by atoms with Gasteiger partial charge in [-0.3, -0.25) is 4.79 Å². The number of benzene rings is 1. The van der Waals surface area contributed by atoms with Crippen LogP contribution in [0.4, 0.5) is 18.9 Å². The lowest BCUT2D eigenvalue weighted by molar-refractivity contribution is -0.128. The lowest BCUT2D eigenvalue weighted by atomic mass is 10.2. The number of carbonyl (C=O) groups excluding carboxylic acids is 1. The summed E-state index contributed by atoms with van der Waals surface area (Å²) in [5.41, 5.74) is -0.354. The molecule has 0 aliphatic carbocycles. The Morgan fingerprint density at radius 1 is 1.22 bits per heavy atom. The second-order valence-corrected chi connectivity index (χ2v) is 3.67. The van der Waals surface area contributed by atoms with Gasteiger partial charge in [0.05, 0.1) is 12.2 Å². The van der Waals surface area contributed by atoms with Gasteiger partial charge in [0.1, 0.15) is 5.82 Å². The van der Waals surface area contributed by atoms with E-state index in [1.54, 1.807) is 0 Å². The van der Waals surface area contributed by atoms with Crippen LogP contribution in [0.3, 0.4) is 0 Å². The summed E-state index contributed by atoms with van der Waals surface area (Å²) in [6.07, 6.45) is 0. The van der Waals surface area contributed by atoms with E-state index in [2.05, 4.69) is 5.32 Å². The zero-order valence-corrected chi connectivity index (χ0v) is 10.3. The highest BCUT2D eigenvalue weighted by atomic mass is 19.2. The van der Waals surface area contributed by atoms with Gasteiger partial charge in [-0.25, -0.2) is 13.2 Å². The second kappa shape index (κ2) is 6.28. The summed E-state index contributed by atoms with van der Waals surface area (Å²) in [6, 6.07) is 1.26. The molecule has 0 aromatic heterocycles. The zero-order valence-electron chi connectivity index (χ0n) is 10.3. The number of rotatable bonds is 5. The molecule has 0 radical (unpaired) electrons. The fourth-order valence-electron chi connectivity index (χ4n) is 1.54. The molecule has 1 N–H and O–H groups in total. The molecule has 0 atom stereocenters. The van der Waals surface area contributed by atoms with Gasteiger partial charge in [-0.05, 0) is 13.8 Å². The molecule has 1 rings (SSSR count). The summed E-state index contributed by atoms with van der Waals surface area (Å²) < 4.78 is 39.1. The first kappa shape index (κ1) is 14.3. The summed E-state index contributed by atoms with van der Waals surface area (Å²) >= 11 is 0. The van der Waals surface area contributed by atoms with E-state index < -0.39 is 17.5 Å². The number of carbonyl (C=O) groups is 1. The summed E-state index contributed by atoms with van der Waals surface area (Å²) in [7, 11) is 0. The van der Waals surface area contributed by atoms with Crippen LogP contribution in [0.2, 0.25) is 0 Å². The first-order chi connectivity index (χ1) is 8.49. The van der Waals surface area contributed by atoms with Crippen molar-refractivity contribution in [3.05, 3.63) is 29.6 Å². The number of anilines is 1. The maximum atomic E-state index is 13.3. The van der Waals surface area contributed by atoms with Crippen molar-refractivity contribution in [3.63, 3.8) is 0 Å². The molecule has 0 heterocycles. The molecule has 0 bridgehead atoms. The van der Waals surface area contributed by atoms with Crippen LogP contribution in [0, 0.1) is 17.5 Å². The lowest BCUT2D eigenvalue weighted by Gasteiger charge is -2.19. The van der Waals surface area contributed by atoms with Gasteiger partial charge in [0.25, 0.3) is 0 Å². The molecule has 0 unspecified atom stereocenters. The molecule has 0 saturated carbocycles. The quantitative estimate of drug-likeness (QED) is 0.824. The average Bonchev–Trinajstić information content (AvgIpc) is 2.33. The normalized spacial score (nSPS) is 10.3. The topological polar surface area (TPSA) is 32.3 Å². The van der Waals surface area contributed by atoms with Gasteiger partial charge in [0.2, 0.25) is 5.91 Å². The Balaban J connectivity index is 2.72. The Kier molecular flexibility index (Phi) is 5.00. The standard InChI is InChI=1S/C12H15F3N2O/c1-3-17(4-2)11(18)7-16-10-6-8(13)5-9(14)12(10)15/h5-6,16H,3-4,7H2,1-2H3. The van der Waals surface area contributed by atoms with Gasteiger partial charge >= 0.3 is 0 Å². The fourth-order valence-corrected chi connectivity index (χ4v) is 1.54. The summed E-state index contributed by atoms with van der Waals surface area (Å²) in [5, 5.41) is 2.40. The predicted octanol–water partition coefficient (Wildman–Crippen LogP) is 2.38. The van der Waals surface area contributed by atoms with E-state index in [0.29, 0.717) is 19.2 Å². The van der Waals surface area contributed by atoms with Gasteiger partial charge in [0, 0.05) is 25.2 Å². The lowest BCUT2D eigenvalue weighted by Crippen LogP contribution is -2.35. The monoisotopic (exact) mass is 260 g/mol. The maximum Gasteiger partial charge on any atom is 0.241 e. The summed E-state index contributed by atoms with van der Waals surface area (Å²) in [6.45, 7) is 4.46. The summed E-state index contributed by atoms with van der Waals surface area (Å²) in [4.78, 5) is 13.1. The third-order valence-electron chi connectivity index (χ3n) is 2.54. The van der Waals surface area contributed by atoms with Crippen LogP contribution in [0.25, 0.3) is 0 Å². The molecule has 1 aromatic rings. The number of amides is 1. The predicted molar refractivity (Wildman–Crippen MR) is 62.7 cm³/mol. The number of nitrogens with zero attached hydrogens (tertiary/aromatic N) is 1. The number of nitrogens with one attached hydrogen (secondary N) is 1. The zero-order chi connectivity index (χ0) is 13.7. The minimum absolute atomic E-state index is 0.207. The number of halogens is 3. The van der Waals surface area contributed by atoms with Crippen LogP contribution >= 0.6 is 0 Å². The van der Waals surface area contributed by atoms with Crippen LogP contribution in [-0.4, -0.2) is 30.4 Å². The Hall–Kier alpha value is -1.72. The van der Waals surface area contributed by atoms with Gasteiger partial charge in [-0.15, -0.1) is 0 Å². The van der Waals surface area contributed by atoms with Crippen LogP contribution < -0.4 is 5.32 Å². The van der Waals surface area contributed by atoms with E-state index in [1.165, 1.54) is 4.90 Å². The van der Waals surface area contributed by atoms with Crippen molar-refractivity contribution >= 4 is 11.6 Å². The van der Waals surface area contributed by atoms with Crippen molar-refractivity contribution < 1.29 is 18.0 Å².